The third-order valence-electron chi connectivity index (χ3n) is 3.94. The van der Waals surface area contributed by atoms with Crippen LogP contribution in [0.25, 0.3) is 0 Å². The number of carbonyl (C=O) groups is 1. The first kappa shape index (κ1) is 19.0. The molecule has 0 amide bonds. The molecule has 1 saturated heterocycles. The Bertz CT molecular complexity index is 369. The number of unbranched alkanes of at least 4 members (excludes halogenated alkanes) is 6. The summed E-state index contributed by atoms with van der Waals surface area (Å²) in [4.78, 5) is 10.3. The molecule has 22 heavy (non-hydrogen) atoms. The van der Waals surface area contributed by atoms with E-state index in [0.29, 0.717) is 12.5 Å². The maximum Gasteiger partial charge on any atom is 0.303 e. The highest BCUT2D eigenvalue weighted by Gasteiger charge is 2.36. The van der Waals surface area contributed by atoms with Crippen molar-refractivity contribution in [3.8, 4) is 11.8 Å². The van der Waals surface area contributed by atoms with Crippen LogP contribution in [0, 0.1) is 11.8 Å². The highest BCUT2D eigenvalue weighted by Crippen LogP contribution is 2.26. The number of epoxide rings is 1. The average molecular weight is 310 g/mol. The highest BCUT2D eigenvalue weighted by molar-refractivity contribution is 5.66. The van der Waals surface area contributed by atoms with Crippen LogP contribution >= 0.6 is 0 Å². The summed E-state index contributed by atoms with van der Waals surface area (Å²) in [5.41, 5.74) is 0. The lowest BCUT2D eigenvalue weighted by Gasteiger charge is -2.03. The SMILES string of the molecule is CCCCCC1OC1C#CC(O)CCCCCCCC(=O)O. The first-order valence-electron chi connectivity index (χ1n) is 8.70. The summed E-state index contributed by atoms with van der Waals surface area (Å²) in [5, 5.41) is 18.3. The second kappa shape index (κ2) is 11.5. The van der Waals surface area contributed by atoms with E-state index in [4.69, 9.17) is 9.84 Å². The first-order chi connectivity index (χ1) is 10.6. The molecule has 4 heteroatoms. The number of hydrogen-bond donors (Lipinski definition) is 2. The van der Waals surface area contributed by atoms with E-state index in [9.17, 15) is 9.90 Å². The van der Waals surface area contributed by atoms with Crippen molar-refractivity contribution in [2.75, 3.05) is 0 Å². The van der Waals surface area contributed by atoms with Gasteiger partial charge in [0.2, 0.25) is 0 Å². The summed E-state index contributed by atoms with van der Waals surface area (Å²) < 4.78 is 5.47. The molecule has 0 aromatic rings. The lowest BCUT2D eigenvalue weighted by atomic mass is 10.1. The van der Waals surface area contributed by atoms with Gasteiger partial charge in [-0.3, -0.25) is 4.79 Å². The van der Waals surface area contributed by atoms with Gasteiger partial charge in [-0.1, -0.05) is 57.3 Å². The normalized spacial score (nSPS) is 21.0. The smallest absolute Gasteiger partial charge is 0.303 e. The predicted octanol–water partition coefficient (Wildman–Crippen LogP) is 3.51. The fraction of sp³-hybridized carbons (Fsp3) is 0.833. The minimum absolute atomic E-state index is 0.0440. The molecule has 1 rings (SSSR count). The number of carboxylic acid groups (broad SMARTS) is 1. The Morgan fingerprint density at radius 2 is 1.86 bits per heavy atom. The van der Waals surface area contributed by atoms with E-state index < -0.39 is 12.1 Å². The maximum atomic E-state index is 10.3. The molecule has 1 fully saturated rings. The molecule has 1 aliphatic heterocycles. The van der Waals surface area contributed by atoms with Crippen LogP contribution in [0.4, 0.5) is 0 Å². The van der Waals surface area contributed by atoms with Gasteiger partial charge >= 0.3 is 5.97 Å². The number of aliphatic hydroxyl groups is 1. The van der Waals surface area contributed by atoms with Gasteiger partial charge in [0.1, 0.15) is 12.2 Å². The summed E-state index contributed by atoms with van der Waals surface area (Å²) in [6.45, 7) is 2.19. The molecule has 2 N–H and O–H groups in total. The minimum Gasteiger partial charge on any atom is -0.481 e. The number of aliphatic hydroxyl groups excluding tert-OH is 1. The van der Waals surface area contributed by atoms with E-state index in [2.05, 4.69) is 18.8 Å². The fourth-order valence-electron chi connectivity index (χ4n) is 2.48. The van der Waals surface area contributed by atoms with Crippen molar-refractivity contribution in [2.45, 2.75) is 95.9 Å². The first-order valence-corrected chi connectivity index (χ1v) is 8.70. The van der Waals surface area contributed by atoms with Crippen LogP contribution in [0.5, 0.6) is 0 Å². The Hall–Kier alpha value is -1.05. The summed E-state index contributed by atoms with van der Waals surface area (Å²) in [6, 6.07) is 0. The number of rotatable bonds is 12. The van der Waals surface area contributed by atoms with E-state index in [0.717, 1.165) is 38.5 Å². The van der Waals surface area contributed by atoms with E-state index >= 15 is 0 Å². The zero-order valence-corrected chi connectivity index (χ0v) is 13.7. The van der Waals surface area contributed by atoms with Gasteiger partial charge in [0, 0.05) is 6.42 Å². The topological polar surface area (TPSA) is 70.1 Å². The van der Waals surface area contributed by atoms with Gasteiger partial charge in [0.15, 0.2) is 0 Å². The number of ether oxygens (including phenoxy) is 1. The van der Waals surface area contributed by atoms with Crippen molar-refractivity contribution < 1.29 is 19.7 Å². The molecule has 4 nitrogen and oxygen atoms in total. The zero-order valence-electron chi connectivity index (χ0n) is 13.7. The molecule has 3 atom stereocenters. The minimum atomic E-state index is -0.721. The second-order valence-corrected chi connectivity index (χ2v) is 6.10. The second-order valence-electron chi connectivity index (χ2n) is 6.10. The van der Waals surface area contributed by atoms with Crippen molar-refractivity contribution in [1.82, 2.24) is 0 Å². The van der Waals surface area contributed by atoms with E-state index in [1.807, 2.05) is 0 Å². The lowest BCUT2D eigenvalue weighted by Crippen LogP contribution is -2.03. The van der Waals surface area contributed by atoms with E-state index in [-0.39, 0.29) is 12.5 Å². The van der Waals surface area contributed by atoms with Gasteiger partial charge in [0.25, 0.3) is 0 Å². The van der Waals surface area contributed by atoms with Crippen molar-refractivity contribution in [3.63, 3.8) is 0 Å². The van der Waals surface area contributed by atoms with Gasteiger partial charge in [-0.2, -0.15) is 0 Å². The van der Waals surface area contributed by atoms with Gasteiger partial charge < -0.3 is 14.9 Å². The Kier molecular flexibility index (Phi) is 9.94. The Balaban J connectivity index is 1.95. The number of carboxylic acids is 1. The summed E-state index contributed by atoms with van der Waals surface area (Å²) in [5.74, 6) is 5.18. The molecular weight excluding hydrogens is 280 g/mol. The molecule has 0 radical (unpaired) electrons. The molecule has 0 aromatic heterocycles. The number of aliphatic carboxylic acids is 1. The zero-order chi connectivity index (χ0) is 16.2. The van der Waals surface area contributed by atoms with Crippen LogP contribution in [0.2, 0.25) is 0 Å². The van der Waals surface area contributed by atoms with Crippen LogP contribution < -0.4 is 0 Å². The summed E-state index contributed by atoms with van der Waals surface area (Å²) in [7, 11) is 0. The largest absolute Gasteiger partial charge is 0.481 e. The Morgan fingerprint density at radius 3 is 2.59 bits per heavy atom. The molecule has 3 unspecified atom stereocenters. The monoisotopic (exact) mass is 310 g/mol. The van der Waals surface area contributed by atoms with Crippen LogP contribution in [0.1, 0.15) is 77.6 Å². The van der Waals surface area contributed by atoms with E-state index in [1.165, 1.54) is 19.3 Å². The van der Waals surface area contributed by atoms with Crippen LogP contribution in [0.3, 0.4) is 0 Å². The van der Waals surface area contributed by atoms with Gasteiger partial charge in [-0.15, -0.1) is 0 Å². The van der Waals surface area contributed by atoms with Crippen molar-refractivity contribution in [2.24, 2.45) is 0 Å². The van der Waals surface area contributed by atoms with Crippen LogP contribution in [-0.2, 0) is 9.53 Å². The lowest BCUT2D eigenvalue weighted by molar-refractivity contribution is -0.137. The molecule has 126 valence electrons. The molecule has 0 bridgehead atoms. The van der Waals surface area contributed by atoms with Crippen molar-refractivity contribution in [3.05, 3.63) is 0 Å². The molecule has 1 heterocycles. The quantitative estimate of drug-likeness (QED) is 0.329. The molecule has 0 aromatic carbocycles. The van der Waals surface area contributed by atoms with Crippen molar-refractivity contribution >= 4 is 5.97 Å². The molecule has 0 saturated carbocycles. The van der Waals surface area contributed by atoms with Crippen LogP contribution in [0.15, 0.2) is 0 Å². The van der Waals surface area contributed by atoms with Crippen LogP contribution in [-0.4, -0.2) is 34.5 Å². The number of hydrogen-bond acceptors (Lipinski definition) is 3. The fourth-order valence-corrected chi connectivity index (χ4v) is 2.48. The van der Waals surface area contributed by atoms with E-state index in [1.54, 1.807) is 0 Å². The maximum absolute atomic E-state index is 10.3. The summed E-state index contributed by atoms with van der Waals surface area (Å²) >= 11 is 0. The highest BCUT2D eigenvalue weighted by atomic mass is 16.6. The third-order valence-corrected chi connectivity index (χ3v) is 3.94. The third kappa shape index (κ3) is 9.81. The average Bonchev–Trinajstić information content (AvgIpc) is 3.22. The molecule has 1 aliphatic rings. The molecule has 0 spiro atoms. The van der Waals surface area contributed by atoms with Crippen molar-refractivity contribution in [1.29, 1.82) is 0 Å². The van der Waals surface area contributed by atoms with Gasteiger partial charge in [-0.05, 0) is 25.7 Å². The standard InChI is InChI=1S/C18H30O4/c1-2-3-7-11-16-17(22-16)14-13-15(19)10-8-5-4-6-9-12-18(20)21/h15-17,19H,2-12H2,1H3,(H,20,21). The summed E-state index contributed by atoms with van der Waals surface area (Å²) in [6.07, 6.45) is 10.2. The van der Waals surface area contributed by atoms with Gasteiger partial charge in [-0.25, -0.2) is 0 Å². The Morgan fingerprint density at radius 1 is 1.14 bits per heavy atom. The Labute approximate surface area is 134 Å². The predicted molar refractivity (Wildman–Crippen MR) is 86.5 cm³/mol. The molecular formula is C18H30O4. The molecule has 0 aliphatic carbocycles. The van der Waals surface area contributed by atoms with Gasteiger partial charge in [0.05, 0.1) is 6.10 Å².